The van der Waals surface area contributed by atoms with Crippen LogP contribution in [0.4, 0.5) is 45.5 Å². The highest BCUT2D eigenvalue weighted by atomic mass is 15.3. The van der Waals surface area contributed by atoms with E-state index in [2.05, 4.69) is 243 Å². The first-order valence-electron chi connectivity index (χ1n) is 25.0. The monoisotopic (exact) mass is 878 g/mol. The summed E-state index contributed by atoms with van der Waals surface area (Å²) in [4.78, 5) is 7.97. The molecule has 0 N–H and O–H groups in total. The zero-order valence-electron chi connectivity index (χ0n) is 42.1. The fourth-order valence-corrected chi connectivity index (χ4v) is 12.5. The number of benzene rings is 7. The molecule has 0 aromatic heterocycles. The normalized spacial score (nSPS) is 19.7. The third kappa shape index (κ3) is 6.67. The van der Waals surface area contributed by atoms with Crippen LogP contribution in [0.1, 0.15) is 130 Å². The minimum absolute atomic E-state index is 0.000604. The Morgan fingerprint density at radius 2 is 1.03 bits per heavy atom. The van der Waals surface area contributed by atoms with E-state index in [1.807, 2.05) is 0 Å². The van der Waals surface area contributed by atoms with Crippen molar-refractivity contribution in [1.29, 1.82) is 0 Å². The molecule has 7 aromatic rings. The van der Waals surface area contributed by atoms with Gasteiger partial charge in [0.15, 0.2) is 0 Å². The van der Waals surface area contributed by atoms with E-state index in [1.54, 1.807) is 0 Å². The van der Waals surface area contributed by atoms with Gasteiger partial charge in [0.05, 0.1) is 11.2 Å². The third-order valence-electron chi connectivity index (χ3n) is 16.5. The van der Waals surface area contributed by atoms with Crippen LogP contribution in [0.3, 0.4) is 0 Å². The number of anilines is 8. The highest BCUT2D eigenvalue weighted by Gasteiger charge is 2.58. The van der Waals surface area contributed by atoms with E-state index in [0.717, 1.165) is 6.42 Å². The van der Waals surface area contributed by atoms with Gasteiger partial charge in [0, 0.05) is 50.8 Å². The molecule has 338 valence electrons. The molecule has 7 aromatic carbocycles. The molecular weight excluding hydrogens is 810 g/mol. The maximum atomic E-state index is 2.77. The average Bonchev–Trinajstić information content (AvgIpc) is 3.50. The molecule has 4 aliphatic rings. The summed E-state index contributed by atoms with van der Waals surface area (Å²) in [6.07, 6.45) is 4.88. The minimum atomic E-state index is -0.0647. The molecule has 0 radical (unpaired) electrons. The van der Waals surface area contributed by atoms with Crippen LogP contribution in [-0.2, 0) is 21.7 Å². The molecule has 2 atom stereocenters. The van der Waals surface area contributed by atoms with Crippen LogP contribution in [0.25, 0.3) is 11.1 Å². The number of hydrogen-bond donors (Lipinski definition) is 0. The lowest BCUT2D eigenvalue weighted by molar-refractivity contribution is 0.195. The predicted molar refractivity (Wildman–Crippen MR) is 290 cm³/mol. The minimum Gasteiger partial charge on any atom is -0.334 e. The van der Waals surface area contributed by atoms with Gasteiger partial charge in [0.25, 0.3) is 6.71 Å². The Balaban J connectivity index is 1.17. The molecule has 1 saturated carbocycles. The van der Waals surface area contributed by atoms with Crippen LogP contribution in [0, 0.1) is 6.92 Å². The van der Waals surface area contributed by atoms with E-state index in [9.17, 15) is 0 Å². The number of fused-ring (bicyclic) bond motifs is 7. The molecule has 2 unspecified atom stereocenters. The topological polar surface area (TPSA) is 9.72 Å². The number of para-hydroxylation sites is 1. The van der Waals surface area contributed by atoms with E-state index in [4.69, 9.17) is 0 Å². The van der Waals surface area contributed by atoms with Crippen molar-refractivity contribution in [3.63, 3.8) is 0 Å². The molecule has 0 bridgehead atoms. The fraction of sp³-hybridized carbons (Fsp3) is 0.333. The van der Waals surface area contributed by atoms with E-state index in [0.29, 0.717) is 0 Å². The first kappa shape index (κ1) is 43.6. The summed E-state index contributed by atoms with van der Waals surface area (Å²) in [5, 5.41) is 0. The van der Waals surface area contributed by atoms with Crippen LogP contribution in [0.5, 0.6) is 0 Å². The summed E-state index contributed by atoms with van der Waals surface area (Å²) in [6, 6.07) is 56.8. The van der Waals surface area contributed by atoms with Gasteiger partial charge in [0.1, 0.15) is 0 Å². The van der Waals surface area contributed by atoms with Crippen molar-refractivity contribution in [2.45, 2.75) is 136 Å². The number of aryl methyl sites for hydroxylation is 1. The van der Waals surface area contributed by atoms with Gasteiger partial charge in [-0.05, 0) is 153 Å². The zero-order valence-corrected chi connectivity index (χ0v) is 42.1. The molecular formula is C63H68BN3. The average molecular weight is 878 g/mol. The molecule has 3 aliphatic heterocycles. The highest BCUT2D eigenvalue weighted by Crippen LogP contribution is 2.61. The number of rotatable bonds is 4. The molecule has 11 rings (SSSR count). The maximum Gasteiger partial charge on any atom is 0.252 e. The molecule has 3 heterocycles. The summed E-state index contributed by atoms with van der Waals surface area (Å²) in [5.41, 5.74) is 23.5. The van der Waals surface area contributed by atoms with Gasteiger partial charge in [-0.1, -0.05) is 167 Å². The van der Waals surface area contributed by atoms with Crippen molar-refractivity contribution in [2.24, 2.45) is 0 Å². The Hall–Kier alpha value is -6.00. The van der Waals surface area contributed by atoms with Gasteiger partial charge >= 0.3 is 0 Å². The lowest BCUT2D eigenvalue weighted by Gasteiger charge is -2.50. The predicted octanol–water partition coefficient (Wildman–Crippen LogP) is 15.4. The Kier molecular flexibility index (Phi) is 9.76. The molecule has 0 saturated heterocycles. The van der Waals surface area contributed by atoms with E-state index < -0.39 is 0 Å². The Bertz CT molecular complexity index is 3090. The fourth-order valence-electron chi connectivity index (χ4n) is 12.5. The quantitative estimate of drug-likeness (QED) is 0.163. The molecule has 67 heavy (non-hydrogen) atoms. The van der Waals surface area contributed by atoms with Crippen LogP contribution >= 0.6 is 0 Å². The summed E-state index contributed by atoms with van der Waals surface area (Å²) in [7, 11) is 0. The SMILES string of the molecule is Cc1cc2c3c(c1)N(c1ccc(C(C)(C)C)cc1-c1ccccc1)c1ccccc1B3c1ccc(N3c4ccc(C(C)(C)C)cc4C4(C)CCCCC34C)cc1N2c1ccc(C(C)(C)C)cc1. The van der Waals surface area contributed by atoms with Crippen LogP contribution in [-0.4, -0.2) is 12.3 Å². The van der Waals surface area contributed by atoms with Crippen molar-refractivity contribution in [3.05, 3.63) is 173 Å². The van der Waals surface area contributed by atoms with Crippen molar-refractivity contribution >= 4 is 68.6 Å². The van der Waals surface area contributed by atoms with Gasteiger partial charge in [-0.3, -0.25) is 0 Å². The second-order valence-corrected chi connectivity index (χ2v) is 23.9. The maximum absolute atomic E-state index is 2.77. The smallest absolute Gasteiger partial charge is 0.252 e. The van der Waals surface area contributed by atoms with Gasteiger partial charge in [-0.2, -0.15) is 0 Å². The standard InChI is InChI=1S/C63H68BN3/c1-41-36-56-58-57(37-41)66(52-32-26-44(60(5,6)7)38-48(52)42-20-14-13-15-21-42)54-23-17-16-22-50(54)64(58)51-31-30-47(40-55(51)65(56)46-28-24-43(25-29-46)59(2,3)4)67-53-33-27-45(61(8,9)10)39-49(53)62(11)34-18-19-35-63(62,67)12/h13-17,20-33,36-40H,18-19,34-35H2,1-12H3. The molecule has 0 spiro atoms. The lowest BCUT2D eigenvalue weighted by atomic mass is 9.33. The first-order valence-corrected chi connectivity index (χ1v) is 25.0. The van der Waals surface area contributed by atoms with Crippen molar-refractivity contribution in [2.75, 3.05) is 14.7 Å². The summed E-state index contributed by atoms with van der Waals surface area (Å²) in [6.45, 7) is 28.4. The van der Waals surface area contributed by atoms with Gasteiger partial charge in [0.2, 0.25) is 0 Å². The molecule has 3 nitrogen and oxygen atoms in total. The first-order chi connectivity index (χ1) is 31.8. The Morgan fingerprint density at radius 3 is 1.72 bits per heavy atom. The second kappa shape index (κ2) is 15.0. The van der Waals surface area contributed by atoms with Crippen LogP contribution in [0.2, 0.25) is 0 Å². The molecule has 0 amide bonds. The largest absolute Gasteiger partial charge is 0.334 e. The van der Waals surface area contributed by atoms with Crippen molar-refractivity contribution < 1.29 is 0 Å². The summed E-state index contributed by atoms with van der Waals surface area (Å²) >= 11 is 0. The summed E-state index contributed by atoms with van der Waals surface area (Å²) in [5.74, 6) is 0. The molecule has 1 fully saturated rings. The molecule has 4 heteroatoms. The zero-order chi connectivity index (χ0) is 47.0. The lowest BCUT2D eigenvalue weighted by Crippen LogP contribution is -2.61. The second-order valence-electron chi connectivity index (χ2n) is 23.9. The number of hydrogen-bond acceptors (Lipinski definition) is 3. The van der Waals surface area contributed by atoms with Gasteiger partial charge in [-0.15, -0.1) is 0 Å². The van der Waals surface area contributed by atoms with Crippen molar-refractivity contribution in [1.82, 2.24) is 0 Å². The Morgan fingerprint density at radius 1 is 0.463 bits per heavy atom. The number of nitrogens with zero attached hydrogens (tertiary/aromatic N) is 3. The van der Waals surface area contributed by atoms with Crippen LogP contribution < -0.4 is 31.1 Å². The van der Waals surface area contributed by atoms with E-state index in [-0.39, 0.29) is 33.9 Å². The van der Waals surface area contributed by atoms with Crippen molar-refractivity contribution in [3.8, 4) is 11.1 Å². The van der Waals surface area contributed by atoms with E-state index >= 15 is 0 Å². The summed E-state index contributed by atoms with van der Waals surface area (Å²) < 4.78 is 0. The third-order valence-corrected chi connectivity index (χ3v) is 16.5. The molecule has 1 aliphatic carbocycles. The van der Waals surface area contributed by atoms with Gasteiger partial charge < -0.3 is 14.7 Å². The van der Waals surface area contributed by atoms with E-state index in [1.165, 1.54) is 120 Å². The highest BCUT2D eigenvalue weighted by molar-refractivity contribution is 7.00. The van der Waals surface area contributed by atoms with Crippen LogP contribution in [0.15, 0.2) is 146 Å². The Labute approximate surface area is 402 Å². The van der Waals surface area contributed by atoms with Gasteiger partial charge in [-0.25, -0.2) is 0 Å².